The summed E-state index contributed by atoms with van der Waals surface area (Å²) in [7, 11) is 3.20. The lowest BCUT2D eigenvalue weighted by atomic mass is 10.1. The van der Waals surface area contributed by atoms with Gasteiger partial charge in [0.25, 0.3) is 0 Å². The van der Waals surface area contributed by atoms with E-state index < -0.39 is 0 Å². The third kappa shape index (κ3) is 5.32. The van der Waals surface area contributed by atoms with Crippen molar-refractivity contribution in [1.82, 2.24) is 4.90 Å². The Hall–Kier alpha value is -3.33. The van der Waals surface area contributed by atoms with Crippen LogP contribution in [0.1, 0.15) is 24.1 Å². The molecule has 5 nitrogen and oxygen atoms in total. The molecule has 1 atom stereocenters. The molecule has 0 heterocycles. The number of carbonyl (C=O) groups excluding carboxylic acids is 1. The number of nitriles is 1. The summed E-state index contributed by atoms with van der Waals surface area (Å²) in [6.45, 7) is 1.80. The average molecular weight is 368 g/mol. The van der Waals surface area contributed by atoms with Crippen molar-refractivity contribution in [2.45, 2.75) is 13.0 Å². The smallest absolute Gasteiger partial charge is 0.246 e. The molecule has 6 heteroatoms. The van der Waals surface area contributed by atoms with Crippen LogP contribution in [0.25, 0.3) is 6.08 Å². The second-order valence-corrected chi connectivity index (χ2v) is 5.87. The van der Waals surface area contributed by atoms with Gasteiger partial charge in [0.05, 0.1) is 13.2 Å². The standard InChI is InChI=1S/C21H21FN2O3/c1-15(17-6-8-18(22)9-7-17)24(2)21(25)11-5-16-4-10-19(27-13-12-23)20(14-16)26-3/h4-11,14-15H,13H2,1-3H3/b11-5+. The number of ether oxygens (including phenoxy) is 2. The predicted octanol–water partition coefficient (Wildman–Crippen LogP) is 3.97. The number of hydrogen-bond acceptors (Lipinski definition) is 4. The molecule has 0 aromatic heterocycles. The summed E-state index contributed by atoms with van der Waals surface area (Å²) in [4.78, 5) is 14.0. The third-order valence-corrected chi connectivity index (χ3v) is 4.18. The Balaban J connectivity index is 2.08. The highest BCUT2D eigenvalue weighted by Gasteiger charge is 2.15. The van der Waals surface area contributed by atoms with Crippen molar-refractivity contribution in [2.24, 2.45) is 0 Å². The molecule has 2 rings (SSSR count). The molecule has 140 valence electrons. The Morgan fingerprint density at radius 3 is 2.59 bits per heavy atom. The van der Waals surface area contributed by atoms with E-state index in [-0.39, 0.29) is 24.4 Å². The van der Waals surface area contributed by atoms with Gasteiger partial charge < -0.3 is 14.4 Å². The molecule has 0 bridgehead atoms. The number of rotatable bonds is 7. The Labute approximate surface area is 158 Å². The monoisotopic (exact) mass is 368 g/mol. The number of halogens is 1. The van der Waals surface area contributed by atoms with Crippen LogP contribution in [0.5, 0.6) is 11.5 Å². The summed E-state index contributed by atoms with van der Waals surface area (Å²) in [5.41, 5.74) is 1.61. The molecule has 1 amide bonds. The van der Waals surface area contributed by atoms with E-state index in [1.807, 2.05) is 13.0 Å². The van der Waals surface area contributed by atoms with Crippen LogP contribution in [-0.2, 0) is 4.79 Å². The topological polar surface area (TPSA) is 62.6 Å². The van der Waals surface area contributed by atoms with Gasteiger partial charge in [-0.05, 0) is 48.4 Å². The van der Waals surface area contributed by atoms with Gasteiger partial charge >= 0.3 is 0 Å². The highest BCUT2D eigenvalue weighted by Crippen LogP contribution is 2.28. The molecular weight excluding hydrogens is 347 g/mol. The van der Waals surface area contributed by atoms with Crippen LogP contribution in [0, 0.1) is 17.1 Å². The van der Waals surface area contributed by atoms with Gasteiger partial charge in [-0.2, -0.15) is 5.26 Å². The highest BCUT2D eigenvalue weighted by molar-refractivity contribution is 5.92. The second-order valence-electron chi connectivity index (χ2n) is 5.87. The van der Waals surface area contributed by atoms with Gasteiger partial charge in [-0.15, -0.1) is 0 Å². The molecule has 0 aliphatic rings. The number of methoxy groups -OCH3 is 1. The van der Waals surface area contributed by atoms with Crippen LogP contribution >= 0.6 is 0 Å². The fourth-order valence-corrected chi connectivity index (χ4v) is 2.46. The normalized spacial score (nSPS) is 11.7. The number of benzene rings is 2. The number of carbonyl (C=O) groups is 1. The minimum atomic E-state index is -0.309. The molecule has 27 heavy (non-hydrogen) atoms. The lowest BCUT2D eigenvalue weighted by molar-refractivity contribution is -0.126. The van der Waals surface area contributed by atoms with Crippen molar-refractivity contribution < 1.29 is 18.7 Å². The van der Waals surface area contributed by atoms with Gasteiger partial charge in [-0.1, -0.05) is 18.2 Å². The summed E-state index contributed by atoms with van der Waals surface area (Å²) in [6, 6.07) is 13.0. The van der Waals surface area contributed by atoms with Gasteiger partial charge in [0.15, 0.2) is 18.1 Å². The quantitative estimate of drug-likeness (QED) is 0.694. The molecule has 0 aliphatic carbocycles. The maximum Gasteiger partial charge on any atom is 0.246 e. The molecule has 0 N–H and O–H groups in total. The van der Waals surface area contributed by atoms with Crippen molar-refractivity contribution in [2.75, 3.05) is 20.8 Å². The summed E-state index contributed by atoms with van der Waals surface area (Å²) >= 11 is 0. The van der Waals surface area contributed by atoms with E-state index in [1.54, 1.807) is 48.4 Å². The van der Waals surface area contributed by atoms with E-state index in [0.717, 1.165) is 11.1 Å². The van der Waals surface area contributed by atoms with E-state index in [4.69, 9.17) is 14.7 Å². The van der Waals surface area contributed by atoms with Crippen molar-refractivity contribution in [3.8, 4) is 17.6 Å². The summed E-state index contributed by atoms with van der Waals surface area (Å²) < 4.78 is 23.6. The summed E-state index contributed by atoms with van der Waals surface area (Å²) in [5.74, 6) is 0.448. The van der Waals surface area contributed by atoms with Crippen molar-refractivity contribution in [3.63, 3.8) is 0 Å². The van der Waals surface area contributed by atoms with E-state index in [9.17, 15) is 9.18 Å². The van der Waals surface area contributed by atoms with E-state index in [2.05, 4.69) is 0 Å². The fourth-order valence-electron chi connectivity index (χ4n) is 2.46. The minimum absolute atomic E-state index is 0.0733. The van der Waals surface area contributed by atoms with Crippen LogP contribution in [0.3, 0.4) is 0 Å². The van der Waals surface area contributed by atoms with E-state index in [1.165, 1.54) is 25.3 Å². The van der Waals surface area contributed by atoms with Gasteiger partial charge in [-0.25, -0.2) is 4.39 Å². The molecule has 2 aromatic rings. The maximum atomic E-state index is 13.1. The van der Waals surface area contributed by atoms with E-state index in [0.29, 0.717) is 11.5 Å². The van der Waals surface area contributed by atoms with Crippen LogP contribution in [0.4, 0.5) is 4.39 Å². The van der Waals surface area contributed by atoms with Gasteiger partial charge in [-0.3, -0.25) is 4.79 Å². The number of likely N-dealkylation sites (N-methyl/N-ethyl adjacent to an activating group) is 1. The summed E-state index contributed by atoms with van der Waals surface area (Å²) in [5, 5.41) is 8.60. The van der Waals surface area contributed by atoms with Gasteiger partial charge in [0.2, 0.25) is 5.91 Å². The molecule has 0 spiro atoms. The SMILES string of the molecule is COc1cc(/C=C/C(=O)N(C)C(C)c2ccc(F)cc2)ccc1OCC#N. The molecular formula is C21H21FN2O3. The zero-order valence-electron chi connectivity index (χ0n) is 15.5. The molecule has 0 aliphatic heterocycles. The van der Waals surface area contributed by atoms with Crippen LogP contribution in [-0.4, -0.2) is 31.6 Å². The van der Waals surface area contributed by atoms with Crippen molar-refractivity contribution in [3.05, 3.63) is 65.5 Å². The van der Waals surface area contributed by atoms with Crippen molar-refractivity contribution in [1.29, 1.82) is 5.26 Å². The zero-order valence-corrected chi connectivity index (χ0v) is 15.5. The first-order valence-electron chi connectivity index (χ1n) is 8.34. The Bertz CT molecular complexity index is 857. The lowest BCUT2D eigenvalue weighted by Gasteiger charge is -2.24. The molecule has 1 unspecified atom stereocenters. The highest BCUT2D eigenvalue weighted by atomic mass is 19.1. The number of nitrogens with zero attached hydrogens (tertiary/aromatic N) is 2. The van der Waals surface area contributed by atoms with Crippen LogP contribution in [0.2, 0.25) is 0 Å². The molecule has 0 radical (unpaired) electrons. The van der Waals surface area contributed by atoms with Crippen LogP contribution in [0.15, 0.2) is 48.5 Å². The van der Waals surface area contributed by atoms with Crippen LogP contribution < -0.4 is 9.47 Å². The Morgan fingerprint density at radius 2 is 1.96 bits per heavy atom. The first-order chi connectivity index (χ1) is 13.0. The van der Waals surface area contributed by atoms with E-state index >= 15 is 0 Å². The largest absolute Gasteiger partial charge is 0.493 e. The van der Waals surface area contributed by atoms with Gasteiger partial charge in [0.1, 0.15) is 11.9 Å². The Kier molecular flexibility index (Phi) is 6.95. The summed E-state index contributed by atoms with van der Waals surface area (Å²) in [6.07, 6.45) is 3.14. The predicted molar refractivity (Wildman–Crippen MR) is 101 cm³/mol. The van der Waals surface area contributed by atoms with Crippen molar-refractivity contribution >= 4 is 12.0 Å². The fraction of sp³-hybridized carbons (Fsp3) is 0.238. The maximum absolute atomic E-state index is 13.1. The second kappa shape index (κ2) is 9.39. The average Bonchev–Trinajstić information content (AvgIpc) is 2.70. The minimum Gasteiger partial charge on any atom is -0.493 e. The number of amides is 1. The molecule has 0 saturated heterocycles. The molecule has 0 saturated carbocycles. The number of hydrogen-bond donors (Lipinski definition) is 0. The Morgan fingerprint density at radius 1 is 1.26 bits per heavy atom. The lowest BCUT2D eigenvalue weighted by Crippen LogP contribution is -2.27. The molecule has 2 aromatic carbocycles. The first kappa shape index (κ1) is 20.0. The third-order valence-electron chi connectivity index (χ3n) is 4.18. The first-order valence-corrected chi connectivity index (χ1v) is 8.34. The van der Waals surface area contributed by atoms with Gasteiger partial charge in [0, 0.05) is 13.1 Å². The molecule has 0 fully saturated rings. The zero-order chi connectivity index (χ0) is 19.8.